The molecule has 3 heterocycles. The second-order valence-electron chi connectivity index (χ2n) is 13.5. The van der Waals surface area contributed by atoms with Crippen LogP contribution in [0.4, 0.5) is 0 Å². The molecule has 5 N–H and O–H groups in total. The van der Waals surface area contributed by atoms with E-state index in [0.29, 0.717) is 97.1 Å². The van der Waals surface area contributed by atoms with Gasteiger partial charge in [0.05, 0.1) is 31.4 Å². The summed E-state index contributed by atoms with van der Waals surface area (Å²) in [6.45, 7) is 2.25. The summed E-state index contributed by atoms with van der Waals surface area (Å²) in [4.78, 5) is 30.8. The van der Waals surface area contributed by atoms with Crippen molar-refractivity contribution >= 4 is 102 Å². The number of phenols is 3. The Morgan fingerprint density at radius 1 is 0.836 bits per heavy atom. The number of halogens is 4. The summed E-state index contributed by atoms with van der Waals surface area (Å²) in [6.07, 6.45) is 0.355. The van der Waals surface area contributed by atoms with Crippen molar-refractivity contribution < 1.29 is 39.1 Å². The van der Waals surface area contributed by atoms with Gasteiger partial charge in [0.15, 0.2) is 11.4 Å². The van der Waals surface area contributed by atoms with Gasteiger partial charge in [-0.2, -0.15) is 0 Å². The topological polar surface area (TPSA) is 155 Å². The van der Waals surface area contributed by atoms with E-state index in [1.54, 1.807) is 47.4 Å². The first-order chi connectivity index (χ1) is 26.3. The number of phenolic OH excluding ortho intramolecular Hbond substituents is 3. The Morgan fingerprint density at radius 3 is 2.22 bits per heavy atom. The van der Waals surface area contributed by atoms with Gasteiger partial charge in [0.1, 0.15) is 34.5 Å². The van der Waals surface area contributed by atoms with Crippen LogP contribution in [0.1, 0.15) is 38.2 Å². The number of hydrogen-bond donors (Lipinski definition) is 4. The smallest absolute Gasteiger partial charge is 0.340 e. The maximum Gasteiger partial charge on any atom is 0.340 e. The number of benzene rings is 5. The second kappa shape index (κ2) is 15.3. The molecule has 8 rings (SSSR count). The summed E-state index contributed by atoms with van der Waals surface area (Å²) in [5.74, 6) is 1.62. The molecule has 2 atom stereocenters. The van der Waals surface area contributed by atoms with Crippen molar-refractivity contribution in [3.63, 3.8) is 0 Å². The average Bonchev–Trinajstić information content (AvgIpc) is 3.45. The minimum absolute atomic E-state index is 0.0126. The summed E-state index contributed by atoms with van der Waals surface area (Å²) in [5, 5.41) is 31.8. The Bertz CT molecular complexity index is 2360. The van der Waals surface area contributed by atoms with Gasteiger partial charge in [-0.1, -0.05) is 18.2 Å². The fraction of sp³-hybridized carbons (Fsp3) is 0.200. The monoisotopic (exact) mass is 1190 g/mol. The number of piperazine rings is 1. The van der Waals surface area contributed by atoms with Crippen LogP contribution in [0.5, 0.6) is 40.2 Å². The number of rotatable bonds is 7. The van der Waals surface area contributed by atoms with Crippen LogP contribution >= 0.6 is 90.4 Å². The zero-order valence-corrected chi connectivity index (χ0v) is 37.3. The van der Waals surface area contributed by atoms with Gasteiger partial charge in [-0.3, -0.25) is 9.69 Å². The van der Waals surface area contributed by atoms with Crippen LogP contribution in [0.2, 0.25) is 0 Å². The SMILES string of the molecule is N[C@@H](Cc1cc(I)c(Oc2cc(I)c(O)c(I)c2)c(I)c1)C(=O)N1CCN(Cc2c(O)ccc3c2Oc2cc(O)ccc2C32OC(=O)c3ccccc32)CC1. The number of esters is 1. The van der Waals surface area contributed by atoms with Crippen LogP contribution in [-0.4, -0.2) is 69.2 Å². The lowest BCUT2D eigenvalue weighted by molar-refractivity contribution is -0.134. The number of ether oxygens (including phenoxy) is 3. The molecular formula is C40H31I4N3O8. The lowest BCUT2D eigenvalue weighted by atomic mass is 9.77. The number of nitrogens with two attached hydrogens (primary N) is 1. The second-order valence-corrected chi connectivity index (χ2v) is 18.1. The van der Waals surface area contributed by atoms with E-state index in [1.807, 2.05) is 24.3 Å². The highest BCUT2D eigenvalue weighted by atomic mass is 127. The Morgan fingerprint density at radius 2 is 1.51 bits per heavy atom. The van der Waals surface area contributed by atoms with E-state index in [9.17, 15) is 24.9 Å². The maximum atomic E-state index is 13.6. The molecule has 55 heavy (non-hydrogen) atoms. The molecule has 0 radical (unpaired) electrons. The van der Waals surface area contributed by atoms with E-state index < -0.39 is 17.6 Å². The molecule has 1 spiro atoms. The summed E-state index contributed by atoms with van der Waals surface area (Å²) in [6, 6.07) is 22.0. The van der Waals surface area contributed by atoms with E-state index in [1.165, 1.54) is 12.1 Å². The summed E-state index contributed by atoms with van der Waals surface area (Å²) in [7, 11) is 0. The molecule has 15 heteroatoms. The van der Waals surface area contributed by atoms with Crippen molar-refractivity contribution in [2.75, 3.05) is 26.2 Å². The van der Waals surface area contributed by atoms with Crippen molar-refractivity contribution in [2.45, 2.75) is 24.6 Å². The Hall–Kier alpha value is -3.12. The lowest BCUT2D eigenvalue weighted by Crippen LogP contribution is -2.53. The number of hydrogen-bond acceptors (Lipinski definition) is 10. The largest absolute Gasteiger partial charge is 0.508 e. The van der Waals surface area contributed by atoms with Crippen molar-refractivity contribution in [1.82, 2.24) is 9.80 Å². The molecule has 11 nitrogen and oxygen atoms in total. The average molecular weight is 1190 g/mol. The number of carbonyl (C=O) groups excluding carboxylic acids is 2. The zero-order valence-electron chi connectivity index (χ0n) is 28.7. The molecule has 0 bridgehead atoms. The molecule has 5 aromatic rings. The first-order valence-corrected chi connectivity index (χ1v) is 21.5. The summed E-state index contributed by atoms with van der Waals surface area (Å²) in [5.41, 5.74) is 8.86. The third-order valence-corrected chi connectivity index (χ3v) is 13.3. The van der Waals surface area contributed by atoms with Crippen LogP contribution in [0.3, 0.4) is 0 Å². The van der Waals surface area contributed by atoms with E-state index in [2.05, 4.69) is 95.3 Å². The predicted octanol–water partition coefficient (Wildman–Crippen LogP) is 7.80. The third kappa shape index (κ3) is 7.10. The Labute approximate surface area is 370 Å². The van der Waals surface area contributed by atoms with E-state index >= 15 is 0 Å². The van der Waals surface area contributed by atoms with E-state index in [0.717, 1.165) is 12.7 Å². The molecule has 3 aliphatic rings. The van der Waals surface area contributed by atoms with Gasteiger partial charge >= 0.3 is 5.97 Å². The first kappa shape index (κ1) is 38.7. The lowest BCUT2D eigenvalue weighted by Gasteiger charge is -2.39. The molecule has 1 unspecified atom stereocenters. The Balaban J connectivity index is 0.965. The van der Waals surface area contributed by atoms with Crippen LogP contribution in [0, 0.1) is 14.3 Å². The number of carbonyl (C=O) groups is 2. The van der Waals surface area contributed by atoms with Gasteiger partial charge in [-0.05, 0) is 157 Å². The number of amides is 1. The van der Waals surface area contributed by atoms with Gasteiger partial charge in [-0.25, -0.2) is 4.79 Å². The quantitative estimate of drug-likeness (QED) is 0.0938. The molecule has 5 aromatic carbocycles. The molecule has 0 saturated carbocycles. The molecule has 0 aliphatic carbocycles. The minimum atomic E-state index is -1.33. The zero-order chi connectivity index (χ0) is 38.8. The maximum absolute atomic E-state index is 13.6. The highest BCUT2D eigenvalue weighted by molar-refractivity contribution is 14.1. The molecular weight excluding hydrogens is 1160 g/mol. The highest BCUT2D eigenvalue weighted by Crippen LogP contribution is 2.58. The van der Waals surface area contributed by atoms with Crippen molar-refractivity contribution in [3.05, 3.63) is 127 Å². The molecule has 3 aliphatic heterocycles. The van der Waals surface area contributed by atoms with Crippen molar-refractivity contribution in [2.24, 2.45) is 5.73 Å². The molecule has 282 valence electrons. The molecule has 1 amide bonds. The summed E-state index contributed by atoms with van der Waals surface area (Å²) < 4.78 is 22.0. The predicted molar refractivity (Wildman–Crippen MR) is 237 cm³/mol. The van der Waals surface area contributed by atoms with Crippen molar-refractivity contribution in [3.8, 4) is 40.2 Å². The normalized spacial score (nSPS) is 17.9. The van der Waals surface area contributed by atoms with E-state index in [4.69, 9.17) is 19.9 Å². The van der Waals surface area contributed by atoms with Crippen LogP contribution in [0.25, 0.3) is 0 Å². The van der Waals surface area contributed by atoms with Gasteiger partial charge < -0.3 is 40.2 Å². The minimum Gasteiger partial charge on any atom is -0.508 e. The van der Waals surface area contributed by atoms with Gasteiger partial charge in [0.2, 0.25) is 5.91 Å². The molecule has 0 aromatic heterocycles. The van der Waals surface area contributed by atoms with Crippen LogP contribution < -0.4 is 15.2 Å². The van der Waals surface area contributed by atoms with Crippen LogP contribution in [-0.2, 0) is 28.1 Å². The molecule has 1 saturated heterocycles. The van der Waals surface area contributed by atoms with Gasteiger partial charge in [0, 0.05) is 55.5 Å². The number of nitrogens with zero attached hydrogens (tertiary/aromatic N) is 2. The van der Waals surface area contributed by atoms with E-state index in [-0.39, 0.29) is 23.2 Å². The first-order valence-electron chi connectivity index (χ1n) is 17.1. The Kier molecular flexibility index (Phi) is 10.8. The fourth-order valence-electron chi connectivity index (χ4n) is 7.40. The number of fused-ring (bicyclic) bond motifs is 6. The van der Waals surface area contributed by atoms with Crippen molar-refractivity contribution in [1.29, 1.82) is 0 Å². The standard InChI is InChI=1S/C40H31I4N3O8/c41-28-17-22(18-29(42)35(28)50)53-37-30(43)13-20(14-31(37)44)15-32(45)38(51)47-11-9-46(10-12-47)19-24-33(49)8-7-27-36(24)54-34-16-21(48)5-6-26(34)40(27)25-4-2-1-3-23(25)39(52)55-40/h1-8,13-14,16-18,32,48-50H,9-12,15,19,45H2/t32-,40?/m0/s1. The number of aromatic hydroxyl groups is 3. The fourth-order valence-corrected chi connectivity index (χ4v) is 11.2. The highest BCUT2D eigenvalue weighted by Gasteiger charge is 2.54. The molecule has 1 fully saturated rings. The summed E-state index contributed by atoms with van der Waals surface area (Å²) >= 11 is 8.59. The van der Waals surface area contributed by atoms with Gasteiger partial charge in [0.25, 0.3) is 0 Å². The van der Waals surface area contributed by atoms with Crippen LogP contribution in [0.15, 0.2) is 78.9 Å². The van der Waals surface area contributed by atoms with Gasteiger partial charge in [-0.15, -0.1) is 0 Å². The third-order valence-electron chi connectivity index (χ3n) is 10.1.